The standard InChI is InChI=1S/C12H20F3N3O.C2H6/c1-8-5-4-6-10(9(16)7-17(2)3)18(8)11(19)12(13,14)15;1-2/h7-8,10H,4-6,16H2,1-3H3;1-2H3/b9-7-;. The molecule has 4 nitrogen and oxygen atoms in total. The molecule has 1 aliphatic heterocycles. The van der Waals surface area contributed by atoms with Crippen LogP contribution in [0, 0.1) is 0 Å². The van der Waals surface area contributed by atoms with Gasteiger partial charge < -0.3 is 15.5 Å². The van der Waals surface area contributed by atoms with Crippen molar-refractivity contribution in [2.75, 3.05) is 14.1 Å². The van der Waals surface area contributed by atoms with Gasteiger partial charge in [0.1, 0.15) is 0 Å². The molecule has 7 heteroatoms. The number of nitrogens with zero attached hydrogens (tertiary/aromatic N) is 2. The van der Waals surface area contributed by atoms with E-state index in [0.717, 1.165) is 11.3 Å². The maximum absolute atomic E-state index is 12.6. The average Bonchev–Trinajstić information content (AvgIpc) is 2.38. The monoisotopic (exact) mass is 309 g/mol. The van der Waals surface area contributed by atoms with Crippen molar-refractivity contribution < 1.29 is 18.0 Å². The van der Waals surface area contributed by atoms with Gasteiger partial charge in [0.05, 0.1) is 6.04 Å². The van der Waals surface area contributed by atoms with Crippen LogP contribution in [0.15, 0.2) is 11.9 Å². The Kier molecular flexibility index (Phi) is 7.60. The third kappa shape index (κ3) is 5.47. The second-order valence-electron chi connectivity index (χ2n) is 5.10. The van der Waals surface area contributed by atoms with Gasteiger partial charge in [0.25, 0.3) is 0 Å². The molecule has 2 N–H and O–H groups in total. The van der Waals surface area contributed by atoms with Gasteiger partial charge in [-0.1, -0.05) is 13.8 Å². The van der Waals surface area contributed by atoms with Crippen LogP contribution < -0.4 is 5.73 Å². The van der Waals surface area contributed by atoms with Gasteiger partial charge in [-0.3, -0.25) is 4.79 Å². The van der Waals surface area contributed by atoms with Crippen LogP contribution in [0.4, 0.5) is 13.2 Å². The Balaban J connectivity index is 0.00000191. The number of amides is 1. The molecule has 0 radical (unpaired) electrons. The minimum absolute atomic E-state index is 0.286. The number of hydrogen-bond donors (Lipinski definition) is 1. The van der Waals surface area contributed by atoms with Crippen molar-refractivity contribution in [1.29, 1.82) is 0 Å². The molecule has 2 atom stereocenters. The molecule has 1 aliphatic rings. The number of rotatable bonds is 2. The highest BCUT2D eigenvalue weighted by molar-refractivity contribution is 5.82. The lowest BCUT2D eigenvalue weighted by Gasteiger charge is -2.41. The first kappa shape index (κ1) is 19.6. The summed E-state index contributed by atoms with van der Waals surface area (Å²) in [7, 11) is 3.46. The van der Waals surface area contributed by atoms with Gasteiger partial charge in [-0.2, -0.15) is 13.2 Å². The Labute approximate surface area is 124 Å². The van der Waals surface area contributed by atoms with Crippen molar-refractivity contribution in [2.45, 2.75) is 58.3 Å². The Morgan fingerprint density at radius 1 is 1.29 bits per heavy atom. The summed E-state index contributed by atoms with van der Waals surface area (Å²) in [5, 5.41) is 0. The van der Waals surface area contributed by atoms with Crippen LogP contribution in [0.1, 0.15) is 40.0 Å². The number of alkyl halides is 3. The molecule has 0 aliphatic carbocycles. The topological polar surface area (TPSA) is 49.6 Å². The van der Waals surface area contributed by atoms with Crippen molar-refractivity contribution in [3.05, 3.63) is 11.9 Å². The van der Waals surface area contributed by atoms with E-state index in [1.807, 2.05) is 13.8 Å². The first-order chi connectivity index (χ1) is 9.64. The van der Waals surface area contributed by atoms with Crippen molar-refractivity contribution in [3.63, 3.8) is 0 Å². The Bertz CT molecular complexity index is 367. The van der Waals surface area contributed by atoms with Gasteiger partial charge >= 0.3 is 12.1 Å². The van der Waals surface area contributed by atoms with Crippen molar-refractivity contribution >= 4 is 5.91 Å². The summed E-state index contributed by atoms with van der Waals surface area (Å²) >= 11 is 0. The Morgan fingerprint density at radius 3 is 2.24 bits per heavy atom. The van der Waals surface area contributed by atoms with E-state index >= 15 is 0 Å². The van der Waals surface area contributed by atoms with Gasteiger partial charge in [0.2, 0.25) is 0 Å². The molecule has 1 amide bonds. The molecular weight excluding hydrogens is 283 g/mol. The number of likely N-dealkylation sites (tertiary alicyclic amines) is 1. The van der Waals surface area contributed by atoms with Crippen LogP contribution >= 0.6 is 0 Å². The summed E-state index contributed by atoms with van der Waals surface area (Å²) in [5.74, 6) is -1.81. The van der Waals surface area contributed by atoms with Crippen molar-refractivity contribution in [3.8, 4) is 0 Å². The normalized spacial score (nSPS) is 23.2. The van der Waals surface area contributed by atoms with Crippen LogP contribution in [0.5, 0.6) is 0 Å². The van der Waals surface area contributed by atoms with Gasteiger partial charge in [0, 0.05) is 32.0 Å². The van der Waals surface area contributed by atoms with E-state index in [1.54, 1.807) is 32.1 Å². The minimum atomic E-state index is -4.86. The molecule has 0 spiro atoms. The van der Waals surface area contributed by atoms with E-state index in [1.165, 1.54) is 0 Å². The maximum Gasteiger partial charge on any atom is 0.471 e. The average molecular weight is 309 g/mol. The van der Waals surface area contributed by atoms with Crippen LogP contribution in [0.2, 0.25) is 0 Å². The predicted octanol–water partition coefficient (Wildman–Crippen LogP) is 2.71. The molecule has 1 heterocycles. The van der Waals surface area contributed by atoms with E-state index in [2.05, 4.69) is 0 Å². The Hall–Kier alpha value is -1.40. The summed E-state index contributed by atoms with van der Waals surface area (Å²) in [6.45, 7) is 5.62. The van der Waals surface area contributed by atoms with E-state index in [9.17, 15) is 18.0 Å². The lowest BCUT2D eigenvalue weighted by molar-refractivity contribution is -0.191. The molecule has 2 unspecified atom stereocenters. The summed E-state index contributed by atoms with van der Waals surface area (Å²) < 4.78 is 37.9. The third-order valence-electron chi connectivity index (χ3n) is 3.18. The molecule has 21 heavy (non-hydrogen) atoms. The Morgan fingerprint density at radius 2 is 1.81 bits per heavy atom. The van der Waals surface area contributed by atoms with Gasteiger partial charge in [0.15, 0.2) is 0 Å². The van der Waals surface area contributed by atoms with Crippen LogP contribution in [-0.4, -0.2) is 48.1 Å². The first-order valence-electron chi connectivity index (χ1n) is 7.17. The zero-order valence-electron chi connectivity index (χ0n) is 13.4. The fraction of sp³-hybridized carbons (Fsp3) is 0.786. The SMILES string of the molecule is CC.CC1CCCC(/C(N)=C/N(C)C)N1C(=O)C(F)(F)F. The second-order valence-corrected chi connectivity index (χ2v) is 5.10. The molecule has 1 rings (SSSR count). The largest absolute Gasteiger partial charge is 0.471 e. The third-order valence-corrected chi connectivity index (χ3v) is 3.18. The van der Waals surface area contributed by atoms with E-state index in [4.69, 9.17) is 5.73 Å². The summed E-state index contributed by atoms with van der Waals surface area (Å²) in [6.07, 6.45) is -1.52. The summed E-state index contributed by atoms with van der Waals surface area (Å²) in [5.41, 5.74) is 6.13. The molecule has 0 aromatic heterocycles. The van der Waals surface area contributed by atoms with Crippen LogP contribution in [-0.2, 0) is 4.79 Å². The van der Waals surface area contributed by atoms with E-state index in [0.29, 0.717) is 12.8 Å². The quantitative estimate of drug-likeness (QED) is 0.853. The van der Waals surface area contributed by atoms with E-state index < -0.39 is 24.2 Å². The second kappa shape index (κ2) is 8.14. The molecular formula is C14H26F3N3O. The lowest BCUT2D eigenvalue weighted by atomic mass is 9.94. The fourth-order valence-corrected chi connectivity index (χ4v) is 2.39. The van der Waals surface area contributed by atoms with Gasteiger partial charge in [-0.25, -0.2) is 0 Å². The number of nitrogens with two attached hydrogens (primary N) is 1. The summed E-state index contributed by atoms with van der Waals surface area (Å²) in [4.78, 5) is 14.1. The zero-order chi connectivity index (χ0) is 16.8. The van der Waals surface area contributed by atoms with E-state index in [-0.39, 0.29) is 5.70 Å². The highest BCUT2D eigenvalue weighted by Crippen LogP contribution is 2.30. The fourth-order valence-electron chi connectivity index (χ4n) is 2.39. The van der Waals surface area contributed by atoms with Crippen LogP contribution in [0.25, 0.3) is 0 Å². The molecule has 1 saturated heterocycles. The molecule has 124 valence electrons. The van der Waals surface area contributed by atoms with Crippen molar-refractivity contribution in [2.24, 2.45) is 5.73 Å². The molecule has 0 aromatic rings. The van der Waals surface area contributed by atoms with Crippen molar-refractivity contribution in [1.82, 2.24) is 9.80 Å². The smallest absolute Gasteiger partial charge is 0.399 e. The highest BCUT2D eigenvalue weighted by Gasteiger charge is 2.47. The first-order valence-corrected chi connectivity index (χ1v) is 7.17. The molecule has 0 bridgehead atoms. The highest BCUT2D eigenvalue weighted by atomic mass is 19.4. The number of carbonyl (C=O) groups excluding carboxylic acids is 1. The predicted molar refractivity (Wildman–Crippen MR) is 77.3 cm³/mol. The zero-order valence-corrected chi connectivity index (χ0v) is 13.4. The van der Waals surface area contributed by atoms with Gasteiger partial charge in [-0.15, -0.1) is 0 Å². The number of piperidine rings is 1. The van der Waals surface area contributed by atoms with Crippen LogP contribution in [0.3, 0.4) is 0 Å². The number of hydrogen-bond acceptors (Lipinski definition) is 3. The maximum atomic E-state index is 12.6. The van der Waals surface area contributed by atoms with Gasteiger partial charge in [-0.05, 0) is 26.2 Å². The molecule has 1 fully saturated rings. The number of carbonyl (C=O) groups is 1. The number of halogens is 3. The minimum Gasteiger partial charge on any atom is -0.399 e. The molecule has 0 saturated carbocycles. The lowest BCUT2D eigenvalue weighted by Crippen LogP contribution is -2.55. The molecule has 0 aromatic carbocycles. The summed E-state index contributed by atoms with van der Waals surface area (Å²) in [6, 6.07) is -1.14.